The average Bonchev–Trinajstić information content (AvgIpc) is 3.66. The minimum atomic E-state index is -0.337. The molecule has 2 heteroatoms. The van der Waals surface area contributed by atoms with Crippen LogP contribution in [0.1, 0.15) is 56.9 Å². The number of fused-ring (bicyclic) bond motifs is 5. The maximum Gasteiger partial charge on any atom is 0.134 e. The second-order valence-electron chi connectivity index (χ2n) is 16.8. The average molecular weight is 768 g/mol. The van der Waals surface area contributed by atoms with Gasteiger partial charge in [-0.1, -0.05) is 172 Å². The minimum absolute atomic E-state index is 0.245. The van der Waals surface area contributed by atoms with E-state index in [-0.39, 0.29) is 11.3 Å². The maximum atomic E-state index is 6.40. The minimum Gasteiger partial charge on any atom is -0.460 e. The first kappa shape index (κ1) is 38.2. The molecule has 0 spiro atoms. The van der Waals surface area contributed by atoms with Gasteiger partial charge in [-0.3, -0.25) is 0 Å². The molecule has 59 heavy (non-hydrogen) atoms. The Morgan fingerprint density at radius 1 is 0.814 bits per heavy atom. The van der Waals surface area contributed by atoms with Gasteiger partial charge in [0, 0.05) is 46.3 Å². The van der Waals surface area contributed by atoms with Gasteiger partial charge in [-0.2, -0.15) is 0 Å². The number of hydrogen-bond acceptors (Lipinski definition) is 2. The fourth-order valence-electron chi connectivity index (χ4n) is 9.47. The summed E-state index contributed by atoms with van der Waals surface area (Å²) in [5.41, 5.74) is 16.2. The first-order valence-electron chi connectivity index (χ1n) is 21.3. The van der Waals surface area contributed by atoms with Crippen molar-refractivity contribution in [2.45, 2.75) is 52.9 Å². The molecule has 2 nitrogen and oxygen atoms in total. The molecule has 0 bridgehead atoms. The number of rotatable bonds is 10. The van der Waals surface area contributed by atoms with E-state index >= 15 is 0 Å². The van der Waals surface area contributed by atoms with E-state index < -0.39 is 0 Å². The molecule has 1 heterocycles. The highest BCUT2D eigenvalue weighted by atomic mass is 16.3. The van der Waals surface area contributed by atoms with Crippen LogP contribution in [0.25, 0.3) is 38.8 Å². The lowest BCUT2D eigenvalue weighted by Gasteiger charge is -2.40. The molecule has 0 fully saturated rings. The second-order valence-corrected chi connectivity index (χ2v) is 16.8. The second kappa shape index (κ2) is 16.5. The number of para-hydroxylation sites is 1. The smallest absolute Gasteiger partial charge is 0.134 e. The van der Waals surface area contributed by atoms with Gasteiger partial charge < -0.3 is 9.32 Å². The molecule has 0 radical (unpaired) electrons. The van der Waals surface area contributed by atoms with Crippen LogP contribution < -0.4 is 4.90 Å². The molecule has 4 aliphatic carbocycles. The van der Waals surface area contributed by atoms with Crippen LogP contribution in [0.3, 0.4) is 0 Å². The molecule has 0 saturated heterocycles. The summed E-state index contributed by atoms with van der Waals surface area (Å²) in [4.78, 5) is 2.46. The normalized spacial score (nSPS) is 21.5. The number of hydrogen-bond donors (Lipinski definition) is 0. The van der Waals surface area contributed by atoms with Crippen molar-refractivity contribution in [3.05, 3.63) is 228 Å². The van der Waals surface area contributed by atoms with Gasteiger partial charge in [-0.15, -0.1) is 0 Å². The Balaban J connectivity index is 1.17. The summed E-state index contributed by atoms with van der Waals surface area (Å²) in [5.74, 6) is 1.91. The fraction of sp³-hybridized carbons (Fsp3) is 0.193. The number of aryl methyl sites for hydroxylation is 2. The molecule has 0 aliphatic heterocycles. The van der Waals surface area contributed by atoms with Crippen LogP contribution in [0.5, 0.6) is 0 Å². The Hall–Kier alpha value is -6.38. The van der Waals surface area contributed by atoms with E-state index in [4.69, 9.17) is 4.42 Å². The van der Waals surface area contributed by atoms with Gasteiger partial charge in [0.25, 0.3) is 0 Å². The van der Waals surface area contributed by atoms with E-state index in [0.717, 1.165) is 49.1 Å². The summed E-state index contributed by atoms with van der Waals surface area (Å²) in [5, 5.41) is 1.20. The number of benzene rings is 4. The summed E-state index contributed by atoms with van der Waals surface area (Å²) in [7, 11) is 0. The van der Waals surface area contributed by atoms with Gasteiger partial charge >= 0.3 is 0 Å². The summed E-state index contributed by atoms with van der Waals surface area (Å²) in [6.45, 7) is 10.9. The van der Waals surface area contributed by atoms with E-state index in [0.29, 0.717) is 5.92 Å². The van der Waals surface area contributed by atoms with Crippen LogP contribution in [0, 0.1) is 17.3 Å². The fourth-order valence-corrected chi connectivity index (χ4v) is 9.47. The van der Waals surface area contributed by atoms with Crippen LogP contribution in [0.15, 0.2) is 216 Å². The lowest BCUT2D eigenvalue weighted by Crippen LogP contribution is -2.31. The summed E-state index contributed by atoms with van der Waals surface area (Å²) in [6, 6.07) is 35.3. The Labute approximate surface area is 350 Å². The van der Waals surface area contributed by atoms with Crippen molar-refractivity contribution in [1.82, 2.24) is 0 Å². The van der Waals surface area contributed by atoms with E-state index in [1.165, 1.54) is 61.2 Å². The molecule has 3 unspecified atom stereocenters. The maximum absolute atomic E-state index is 6.40. The first-order valence-corrected chi connectivity index (χ1v) is 21.3. The number of nitrogens with zero attached hydrogens (tertiary/aromatic N) is 1. The van der Waals surface area contributed by atoms with Crippen LogP contribution in [0.2, 0.25) is 0 Å². The topological polar surface area (TPSA) is 16.4 Å². The SMILES string of the molecule is C=C/C=C\C(=C/N(C1=CC=C(c2ccc3c(c2)-c2c(oc4ccccc24)CC3)CC1(C)/C=C\C=C/C)c1ccc(-c2ccccc2)cc1)C1C=CC2=C(CC(C)C=C2)C1. The highest BCUT2D eigenvalue weighted by Gasteiger charge is 2.35. The van der Waals surface area contributed by atoms with Gasteiger partial charge in [-0.25, -0.2) is 0 Å². The Morgan fingerprint density at radius 2 is 1.59 bits per heavy atom. The third kappa shape index (κ3) is 7.68. The molecule has 0 amide bonds. The zero-order valence-electron chi connectivity index (χ0n) is 34.6. The summed E-state index contributed by atoms with van der Waals surface area (Å²) >= 11 is 0. The third-order valence-corrected chi connectivity index (χ3v) is 12.6. The zero-order valence-corrected chi connectivity index (χ0v) is 34.6. The first-order chi connectivity index (χ1) is 28.9. The van der Waals surface area contributed by atoms with Gasteiger partial charge in [-0.05, 0) is 113 Å². The van der Waals surface area contributed by atoms with Crippen molar-refractivity contribution in [1.29, 1.82) is 0 Å². The van der Waals surface area contributed by atoms with E-state index in [2.05, 4.69) is 208 Å². The summed E-state index contributed by atoms with van der Waals surface area (Å²) in [6.07, 6.45) is 36.6. The molecule has 5 aromatic rings. The molecule has 1 aromatic heterocycles. The van der Waals surface area contributed by atoms with Gasteiger partial charge in [0.1, 0.15) is 11.3 Å². The number of anilines is 1. The highest BCUT2D eigenvalue weighted by Crippen LogP contribution is 2.48. The van der Waals surface area contributed by atoms with Gasteiger partial charge in [0.2, 0.25) is 0 Å². The van der Waals surface area contributed by atoms with Crippen molar-refractivity contribution in [2.75, 3.05) is 4.90 Å². The molecular weight excluding hydrogens is 715 g/mol. The van der Waals surface area contributed by atoms with Crippen molar-refractivity contribution in [2.24, 2.45) is 17.3 Å². The van der Waals surface area contributed by atoms with Crippen molar-refractivity contribution in [3.8, 4) is 22.3 Å². The van der Waals surface area contributed by atoms with Crippen LogP contribution in [0.4, 0.5) is 5.69 Å². The molecular formula is C57H53NO. The third-order valence-electron chi connectivity index (χ3n) is 12.6. The molecule has 0 saturated carbocycles. The molecule has 9 rings (SSSR count). The van der Waals surface area contributed by atoms with Crippen LogP contribution >= 0.6 is 0 Å². The Bertz CT molecular complexity index is 2680. The predicted octanol–water partition coefficient (Wildman–Crippen LogP) is 15.3. The summed E-state index contributed by atoms with van der Waals surface area (Å²) < 4.78 is 6.40. The van der Waals surface area contributed by atoms with Gasteiger partial charge in [0.15, 0.2) is 0 Å². The van der Waals surface area contributed by atoms with Crippen molar-refractivity contribution < 1.29 is 4.42 Å². The lowest BCUT2D eigenvalue weighted by atomic mass is 9.73. The molecule has 4 aliphatic rings. The Kier molecular flexibility index (Phi) is 10.7. The number of furan rings is 1. The monoisotopic (exact) mass is 767 g/mol. The molecule has 4 aromatic carbocycles. The molecule has 292 valence electrons. The van der Waals surface area contributed by atoms with Crippen LogP contribution in [-0.4, -0.2) is 0 Å². The standard InChI is InChI=1S/C57H53NO/c1-5-7-14-34-57(4)38-47(46-25-23-44-28-32-54-56(52(44)37-46)51-18-12-13-19-53(51)59-54)29-33-55(57)58(50-30-26-42(27-31-50)41-16-10-9-11-17-41)39-48(15-8-6-2)45-24-22-43-21-20-40(3)35-49(43)36-45/h5-27,29-31,33-34,37,39-40,45H,2,28,32,35-36,38H2,1,3-4H3/b7-5-,15-8-,34-14-,48-39+. The Morgan fingerprint density at radius 3 is 2.42 bits per heavy atom. The molecule has 3 atom stereocenters. The van der Waals surface area contributed by atoms with Crippen molar-refractivity contribution in [3.63, 3.8) is 0 Å². The highest BCUT2D eigenvalue weighted by molar-refractivity contribution is 5.98. The lowest BCUT2D eigenvalue weighted by molar-refractivity contribution is 0.513. The van der Waals surface area contributed by atoms with Gasteiger partial charge in [0.05, 0.1) is 0 Å². The van der Waals surface area contributed by atoms with Crippen LogP contribution in [-0.2, 0) is 12.8 Å². The number of allylic oxidation sites excluding steroid dienone is 17. The van der Waals surface area contributed by atoms with E-state index in [9.17, 15) is 0 Å². The largest absolute Gasteiger partial charge is 0.460 e. The zero-order chi connectivity index (χ0) is 40.3. The van der Waals surface area contributed by atoms with E-state index in [1.807, 2.05) is 6.08 Å². The predicted molar refractivity (Wildman–Crippen MR) is 251 cm³/mol. The molecule has 0 N–H and O–H groups in total. The van der Waals surface area contributed by atoms with Crippen molar-refractivity contribution >= 4 is 22.2 Å². The van der Waals surface area contributed by atoms with E-state index in [1.54, 1.807) is 5.57 Å². The quantitative estimate of drug-likeness (QED) is 0.132.